The van der Waals surface area contributed by atoms with Gasteiger partial charge in [-0.3, -0.25) is 4.79 Å². The first-order valence-electron chi connectivity index (χ1n) is 4.19. The zero-order valence-corrected chi connectivity index (χ0v) is 7.55. The number of hydrogen-bond donors (Lipinski definition) is 1. The molecule has 0 saturated heterocycles. The average molecular weight is 173 g/mol. The Labute approximate surface area is 72.2 Å². The molecular weight excluding hydrogens is 158 g/mol. The summed E-state index contributed by atoms with van der Waals surface area (Å²) >= 11 is 0. The number of amides is 1. The highest BCUT2D eigenvalue weighted by Crippen LogP contribution is 1.90. The lowest BCUT2D eigenvalue weighted by Gasteiger charge is -2.03. The van der Waals surface area contributed by atoms with E-state index in [1.165, 1.54) is 0 Å². The molecule has 0 saturated carbocycles. The SMILES string of the molecule is CCCC(=O)NOC(=O)CCC. The molecule has 0 rings (SSSR count). The minimum absolute atomic E-state index is 0.248. The van der Waals surface area contributed by atoms with Crippen LogP contribution in [-0.4, -0.2) is 11.9 Å². The molecule has 0 bridgehead atoms. The molecule has 0 fully saturated rings. The van der Waals surface area contributed by atoms with Crippen molar-refractivity contribution in [1.82, 2.24) is 5.48 Å². The first-order valence-corrected chi connectivity index (χ1v) is 4.19. The van der Waals surface area contributed by atoms with Crippen LogP contribution < -0.4 is 5.48 Å². The van der Waals surface area contributed by atoms with Crippen LogP contribution in [0.3, 0.4) is 0 Å². The van der Waals surface area contributed by atoms with Crippen LogP contribution in [0.25, 0.3) is 0 Å². The molecule has 4 nitrogen and oxygen atoms in total. The van der Waals surface area contributed by atoms with Crippen LogP contribution in [0.1, 0.15) is 39.5 Å². The van der Waals surface area contributed by atoms with Crippen LogP contribution >= 0.6 is 0 Å². The molecule has 1 N–H and O–H groups in total. The summed E-state index contributed by atoms with van der Waals surface area (Å²) in [4.78, 5) is 25.9. The maximum atomic E-state index is 10.8. The van der Waals surface area contributed by atoms with Crippen LogP contribution in [0.15, 0.2) is 0 Å². The van der Waals surface area contributed by atoms with E-state index in [1.807, 2.05) is 13.8 Å². The summed E-state index contributed by atoms with van der Waals surface area (Å²) in [6.45, 7) is 3.75. The van der Waals surface area contributed by atoms with Gasteiger partial charge in [0.05, 0.1) is 0 Å². The molecule has 0 aliphatic heterocycles. The minimum atomic E-state index is -0.387. The van der Waals surface area contributed by atoms with Gasteiger partial charge in [-0.2, -0.15) is 5.48 Å². The Morgan fingerprint density at radius 1 is 1.17 bits per heavy atom. The predicted octanol–water partition coefficient (Wildman–Crippen LogP) is 1.16. The van der Waals surface area contributed by atoms with Gasteiger partial charge >= 0.3 is 5.97 Å². The fourth-order valence-corrected chi connectivity index (χ4v) is 0.647. The molecule has 12 heavy (non-hydrogen) atoms. The lowest BCUT2D eigenvalue weighted by atomic mass is 10.3. The average Bonchev–Trinajstić information content (AvgIpc) is 2.02. The minimum Gasteiger partial charge on any atom is -0.341 e. The maximum absolute atomic E-state index is 10.8. The van der Waals surface area contributed by atoms with Crippen LogP contribution in [0.4, 0.5) is 0 Å². The molecule has 0 aliphatic rings. The Kier molecular flexibility index (Phi) is 6.05. The lowest BCUT2D eigenvalue weighted by molar-refractivity contribution is -0.158. The molecule has 0 aromatic carbocycles. The fraction of sp³-hybridized carbons (Fsp3) is 0.750. The van der Waals surface area contributed by atoms with Crippen molar-refractivity contribution in [1.29, 1.82) is 0 Å². The molecule has 0 aliphatic carbocycles. The molecule has 0 aromatic rings. The Morgan fingerprint density at radius 2 is 1.75 bits per heavy atom. The van der Waals surface area contributed by atoms with Gasteiger partial charge < -0.3 is 4.84 Å². The van der Waals surface area contributed by atoms with Crippen molar-refractivity contribution in [3.05, 3.63) is 0 Å². The Morgan fingerprint density at radius 3 is 2.25 bits per heavy atom. The molecule has 0 unspecified atom stereocenters. The zero-order chi connectivity index (χ0) is 9.40. The highest BCUT2D eigenvalue weighted by molar-refractivity contribution is 5.77. The second-order valence-corrected chi connectivity index (χ2v) is 2.50. The number of carbonyl (C=O) groups excluding carboxylic acids is 2. The predicted molar refractivity (Wildman–Crippen MR) is 44.1 cm³/mol. The van der Waals surface area contributed by atoms with Crippen molar-refractivity contribution in [3.63, 3.8) is 0 Å². The smallest absolute Gasteiger partial charge is 0.332 e. The van der Waals surface area contributed by atoms with Crippen molar-refractivity contribution in [2.24, 2.45) is 0 Å². The van der Waals surface area contributed by atoms with Gasteiger partial charge in [0.1, 0.15) is 0 Å². The van der Waals surface area contributed by atoms with Crippen LogP contribution in [0.2, 0.25) is 0 Å². The van der Waals surface area contributed by atoms with Crippen LogP contribution in [0.5, 0.6) is 0 Å². The van der Waals surface area contributed by atoms with E-state index in [9.17, 15) is 9.59 Å². The van der Waals surface area contributed by atoms with E-state index in [2.05, 4.69) is 10.3 Å². The normalized spacial score (nSPS) is 9.17. The number of rotatable bonds is 4. The summed E-state index contributed by atoms with van der Waals surface area (Å²) in [5.74, 6) is -0.635. The standard InChI is InChI=1S/C8H15NO3/c1-3-5-7(10)9-12-8(11)6-4-2/h3-6H2,1-2H3,(H,9,10). The van der Waals surface area contributed by atoms with Crippen LogP contribution in [-0.2, 0) is 14.4 Å². The van der Waals surface area contributed by atoms with Gasteiger partial charge in [-0.05, 0) is 12.8 Å². The van der Waals surface area contributed by atoms with Crippen molar-refractivity contribution < 1.29 is 14.4 Å². The largest absolute Gasteiger partial charge is 0.341 e. The molecule has 4 heteroatoms. The summed E-state index contributed by atoms with van der Waals surface area (Å²) in [5.41, 5.74) is 2.08. The summed E-state index contributed by atoms with van der Waals surface area (Å²) < 4.78 is 0. The van der Waals surface area contributed by atoms with Gasteiger partial charge in [0.2, 0.25) is 0 Å². The molecule has 0 radical (unpaired) electrons. The molecular formula is C8H15NO3. The third kappa shape index (κ3) is 5.70. The second kappa shape index (κ2) is 6.64. The van der Waals surface area contributed by atoms with Crippen LogP contribution in [0, 0.1) is 0 Å². The van der Waals surface area contributed by atoms with E-state index < -0.39 is 0 Å². The third-order valence-corrected chi connectivity index (χ3v) is 1.21. The molecule has 0 atom stereocenters. The first-order chi connectivity index (χ1) is 5.70. The highest BCUT2D eigenvalue weighted by atomic mass is 16.7. The molecule has 0 spiro atoms. The molecule has 0 heterocycles. The molecule has 70 valence electrons. The zero-order valence-electron chi connectivity index (χ0n) is 7.55. The van der Waals surface area contributed by atoms with E-state index in [1.54, 1.807) is 0 Å². The van der Waals surface area contributed by atoms with Gasteiger partial charge in [0.15, 0.2) is 0 Å². The summed E-state index contributed by atoms with van der Waals surface area (Å²) in [6.07, 6.45) is 2.20. The van der Waals surface area contributed by atoms with Crippen molar-refractivity contribution in [3.8, 4) is 0 Å². The third-order valence-electron chi connectivity index (χ3n) is 1.21. The van der Waals surface area contributed by atoms with Gasteiger partial charge in [0, 0.05) is 12.8 Å². The van der Waals surface area contributed by atoms with Crippen molar-refractivity contribution >= 4 is 11.9 Å². The fourth-order valence-electron chi connectivity index (χ4n) is 0.647. The Bertz CT molecular complexity index is 138. The van der Waals surface area contributed by atoms with E-state index in [0.717, 1.165) is 12.8 Å². The summed E-state index contributed by atoms with van der Waals surface area (Å²) in [7, 11) is 0. The maximum Gasteiger partial charge on any atom is 0.332 e. The number of hydrogen-bond acceptors (Lipinski definition) is 3. The van der Waals surface area contributed by atoms with Gasteiger partial charge in [-0.1, -0.05) is 13.8 Å². The second-order valence-electron chi connectivity index (χ2n) is 2.50. The summed E-state index contributed by atoms with van der Waals surface area (Å²) in [6, 6.07) is 0. The van der Waals surface area contributed by atoms with Gasteiger partial charge in [-0.25, -0.2) is 4.79 Å². The highest BCUT2D eigenvalue weighted by Gasteiger charge is 2.03. The monoisotopic (exact) mass is 173 g/mol. The quantitative estimate of drug-likeness (QED) is 0.649. The van der Waals surface area contributed by atoms with Crippen molar-refractivity contribution in [2.45, 2.75) is 39.5 Å². The Hall–Kier alpha value is -1.06. The van der Waals surface area contributed by atoms with Gasteiger partial charge in [0.25, 0.3) is 5.91 Å². The van der Waals surface area contributed by atoms with E-state index in [-0.39, 0.29) is 11.9 Å². The van der Waals surface area contributed by atoms with E-state index in [4.69, 9.17) is 0 Å². The number of carbonyl (C=O) groups is 2. The van der Waals surface area contributed by atoms with Crippen molar-refractivity contribution in [2.75, 3.05) is 0 Å². The summed E-state index contributed by atoms with van der Waals surface area (Å²) in [5, 5.41) is 0. The van der Waals surface area contributed by atoms with Gasteiger partial charge in [-0.15, -0.1) is 0 Å². The lowest BCUT2D eigenvalue weighted by Crippen LogP contribution is -2.26. The van der Waals surface area contributed by atoms with E-state index >= 15 is 0 Å². The molecule has 1 amide bonds. The first kappa shape index (κ1) is 10.9. The number of hydroxylamine groups is 1. The Balaban J connectivity index is 3.40. The number of nitrogens with one attached hydrogen (secondary N) is 1. The molecule has 0 aromatic heterocycles. The van der Waals surface area contributed by atoms with E-state index in [0.29, 0.717) is 12.8 Å². The topological polar surface area (TPSA) is 55.4 Å².